The largest absolute Gasteiger partial charge is 0.494 e. The number of hydrogen-bond donors (Lipinski definition) is 1. The van der Waals surface area contributed by atoms with Gasteiger partial charge in [-0.25, -0.2) is 9.97 Å². The fourth-order valence-electron chi connectivity index (χ4n) is 3.93. The molecule has 4 rings (SSSR count). The lowest BCUT2D eigenvalue weighted by molar-refractivity contribution is -0.000570. The van der Waals surface area contributed by atoms with Gasteiger partial charge in [-0.1, -0.05) is 11.6 Å². The molecule has 2 heterocycles. The first-order valence-corrected chi connectivity index (χ1v) is 11.7. The van der Waals surface area contributed by atoms with E-state index in [1.165, 1.54) is 0 Å². The van der Waals surface area contributed by atoms with Crippen LogP contribution in [0.4, 0.5) is 0 Å². The Morgan fingerprint density at radius 1 is 1.24 bits per heavy atom. The van der Waals surface area contributed by atoms with E-state index < -0.39 is 0 Å². The molecule has 1 aliphatic rings. The molecule has 33 heavy (non-hydrogen) atoms. The number of nitrogens with zero attached hydrogens (tertiary/aromatic N) is 3. The molecule has 8 heteroatoms. The number of benzene rings is 2. The number of carbonyl (C=O) groups excluding carboxylic acids is 1. The van der Waals surface area contributed by atoms with E-state index in [1.54, 1.807) is 18.2 Å². The Labute approximate surface area is 199 Å². The second-order valence-electron chi connectivity index (χ2n) is 8.08. The number of halogens is 1. The average molecular weight is 469 g/mol. The van der Waals surface area contributed by atoms with Crippen LogP contribution in [0.25, 0.3) is 22.3 Å². The summed E-state index contributed by atoms with van der Waals surface area (Å²) in [5.74, 6) is 1.03. The van der Waals surface area contributed by atoms with Gasteiger partial charge >= 0.3 is 0 Å². The Morgan fingerprint density at radius 2 is 2.06 bits per heavy atom. The van der Waals surface area contributed by atoms with Crippen molar-refractivity contribution < 1.29 is 14.3 Å². The Hall–Kier alpha value is -2.74. The third-order valence-electron chi connectivity index (χ3n) is 5.71. The lowest BCUT2D eigenvalue weighted by Crippen LogP contribution is -2.44. The van der Waals surface area contributed by atoms with Gasteiger partial charge in [0.25, 0.3) is 5.91 Å². The zero-order chi connectivity index (χ0) is 23.2. The van der Waals surface area contributed by atoms with Crippen molar-refractivity contribution in [1.82, 2.24) is 20.2 Å². The third-order valence-corrected chi connectivity index (χ3v) is 5.95. The molecule has 0 aliphatic carbocycles. The van der Waals surface area contributed by atoms with E-state index in [4.69, 9.17) is 21.1 Å². The number of nitrogens with one attached hydrogen (secondary N) is 1. The van der Waals surface area contributed by atoms with E-state index in [-0.39, 0.29) is 5.91 Å². The first-order valence-electron chi connectivity index (χ1n) is 11.4. The summed E-state index contributed by atoms with van der Waals surface area (Å²) in [4.78, 5) is 24.8. The Morgan fingerprint density at radius 3 is 2.82 bits per heavy atom. The van der Waals surface area contributed by atoms with Crippen LogP contribution in [0.2, 0.25) is 5.02 Å². The first kappa shape index (κ1) is 23.4. The minimum absolute atomic E-state index is 0.216. The molecule has 0 bridgehead atoms. The normalized spacial score (nSPS) is 16.6. The molecular formula is C25H29ClN4O3. The molecule has 0 saturated carbocycles. The minimum atomic E-state index is -0.216. The van der Waals surface area contributed by atoms with Gasteiger partial charge in [0, 0.05) is 41.6 Å². The van der Waals surface area contributed by atoms with Crippen LogP contribution in [-0.2, 0) is 4.74 Å². The zero-order valence-electron chi connectivity index (χ0n) is 19.0. The zero-order valence-corrected chi connectivity index (χ0v) is 19.8. The summed E-state index contributed by atoms with van der Waals surface area (Å²) in [5, 5.41) is 4.26. The highest BCUT2D eigenvalue weighted by atomic mass is 35.5. The van der Waals surface area contributed by atoms with E-state index in [2.05, 4.69) is 27.1 Å². The molecule has 1 amide bonds. The van der Waals surface area contributed by atoms with E-state index in [0.717, 1.165) is 44.0 Å². The molecule has 1 saturated heterocycles. The van der Waals surface area contributed by atoms with Crippen molar-refractivity contribution in [2.24, 2.45) is 0 Å². The highest BCUT2D eigenvalue weighted by Crippen LogP contribution is 2.25. The lowest BCUT2D eigenvalue weighted by Gasteiger charge is -2.33. The quantitative estimate of drug-likeness (QED) is 0.499. The second kappa shape index (κ2) is 10.9. The van der Waals surface area contributed by atoms with E-state index in [1.807, 2.05) is 31.2 Å². The van der Waals surface area contributed by atoms with E-state index in [9.17, 15) is 4.79 Å². The SMILES string of the molecule is CCOc1ccc(-c2nc(C(=O)NCCCN3CCOC[C@@H]3C)c3ccc(Cl)cc3n2)cc1. The van der Waals surface area contributed by atoms with Gasteiger partial charge < -0.3 is 14.8 Å². The van der Waals surface area contributed by atoms with E-state index in [0.29, 0.717) is 46.6 Å². The number of carbonyl (C=O) groups is 1. The molecule has 1 atom stereocenters. The predicted molar refractivity (Wildman–Crippen MR) is 130 cm³/mol. The number of aromatic nitrogens is 2. The summed E-state index contributed by atoms with van der Waals surface area (Å²) < 4.78 is 11.0. The summed E-state index contributed by atoms with van der Waals surface area (Å²) in [7, 11) is 0. The van der Waals surface area contributed by atoms with Crippen LogP contribution in [0.5, 0.6) is 5.75 Å². The molecule has 1 aliphatic heterocycles. The smallest absolute Gasteiger partial charge is 0.270 e. The Kier molecular flexibility index (Phi) is 7.75. The molecule has 174 valence electrons. The lowest BCUT2D eigenvalue weighted by atomic mass is 10.1. The van der Waals surface area contributed by atoms with Crippen molar-refractivity contribution in [2.45, 2.75) is 26.3 Å². The van der Waals surface area contributed by atoms with Crippen molar-refractivity contribution in [3.63, 3.8) is 0 Å². The summed E-state index contributed by atoms with van der Waals surface area (Å²) in [6, 6.07) is 13.2. The van der Waals surface area contributed by atoms with Crippen molar-refractivity contribution in [1.29, 1.82) is 0 Å². The Bertz CT molecular complexity index is 1110. The summed E-state index contributed by atoms with van der Waals surface area (Å²) in [6.45, 7) is 8.64. The number of amides is 1. The van der Waals surface area contributed by atoms with Gasteiger partial charge in [-0.05, 0) is 62.7 Å². The summed E-state index contributed by atoms with van der Waals surface area (Å²) in [5.41, 5.74) is 1.78. The van der Waals surface area contributed by atoms with Gasteiger partial charge in [0.2, 0.25) is 0 Å². The standard InChI is InChI=1S/C25H29ClN4O3/c1-3-33-20-8-5-18(6-9-20)24-28-22-15-19(26)7-10-21(22)23(29-24)25(31)27-11-4-12-30-13-14-32-16-17(30)2/h5-10,15,17H,3-4,11-14,16H2,1-2H3,(H,27,31)/t17-/m0/s1. The topological polar surface area (TPSA) is 76.6 Å². The predicted octanol–water partition coefficient (Wildman–Crippen LogP) is 4.19. The molecule has 3 aromatic rings. The molecule has 1 aromatic heterocycles. The van der Waals surface area contributed by atoms with Crippen LogP contribution >= 0.6 is 11.6 Å². The van der Waals surface area contributed by atoms with Crippen LogP contribution < -0.4 is 10.1 Å². The van der Waals surface area contributed by atoms with Crippen LogP contribution in [0.1, 0.15) is 30.8 Å². The molecular weight excluding hydrogens is 440 g/mol. The molecule has 0 spiro atoms. The van der Waals surface area contributed by atoms with Gasteiger partial charge in [-0.2, -0.15) is 0 Å². The molecule has 2 aromatic carbocycles. The molecule has 0 radical (unpaired) electrons. The average Bonchev–Trinajstić information content (AvgIpc) is 2.82. The number of ether oxygens (including phenoxy) is 2. The molecule has 7 nitrogen and oxygen atoms in total. The Balaban J connectivity index is 1.52. The van der Waals surface area contributed by atoms with Crippen LogP contribution in [0.15, 0.2) is 42.5 Å². The third kappa shape index (κ3) is 5.79. The number of fused-ring (bicyclic) bond motifs is 1. The van der Waals surface area contributed by atoms with Crippen molar-refractivity contribution in [3.05, 3.63) is 53.2 Å². The fraction of sp³-hybridized carbons (Fsp3) is 0.400. The number of hydrogen-bond acceptors (Lipinski definition) is 6. The number of morpholine rings is 1. The van der Waals surface area contributed by atoms with Gasteiger partial charge in [0.1, 0.15) is 11.4 Å². The highest BCUT2D eigenvalue weighted by molar-refractivity contribution is 6.31. The molecule has 1 fully saturated rings. The van der Waals surface area contributed by atoms with Gasteiger partial charge in [-0.3, -0.25) is 9.69 Å². The number of rotatable bonds is 8. The van der Waals surface area contributed by atoms with Crippen LogP contribution in [0.3, 0.4) is 0 Å². The van der Waals surface area contributed by atoms with Crippen molar-refractivity contribution in [2.75, 3.05) is 39.5 Å². The maximum absolute atomic E-state index is 13.1. The maximum Gasteiger partial charge on any atom is 0.270 e. The minimum Gasteiger partial charge on any atom is -0.494 e. The van der Waals surface area contributed by atoms with Crippen LogP contribution in [0, 0.1) is 0 Å². The fourth-order valence-corrected chi connectivity index (χ4v) is 4.10. The van der Waals surface area contributed by atoms with Crippen molar-refractivity contribution >= 4 is 28.4 Å². The van der Waals surface area contributed by atoms with Gasteiger partial charge in [-0.15, -0.1) is 0 Å². The monoisotopic (exact) mass is 468 g/mol. The summed E-state index contributed by atoms with van der Waals surface area (Å²) in [6.07, 6.45) is 0.858. The van der Waals surface area contributed by atoms with Gasteiger partial charge in [0.05, 0.1) is 25.3 Å². The highest BCUT2D eigenvalue weighted by Gasteiger charge is 2.19. The second-order valence-corrected chi connectivity index (χ2v) is 8.52. The van der Waals surface area contributed by atoms with E-state index >= 15 is 0 Å². The molecule has 1 N–H and O–H groups in total. The molecule has 0 unspecified atom stereocenters. The van der Waals surface area contributed by atoms with Gasteiger partial charge in [0.15, 0.2) is 5.82 Å². The maximum atomic E-state index is 13.1. The van der Waals surface area contributed by atoms with Crippen molar-refractivity contribution in [3.8, 4) is 17.1 Å². The summed E-state index contributed by atoms with van der Waals surface area (Å²) >= 11 is 6.20. The first-order chi connectivity index (χ1) is 16.0. The van der Waals surface area contributed by atoms with Crippen LogP contribution in [-0.4, -0.2) is 66.3 Å².